The lowest BCUT2D eigenvalue weighted by Crippen LogP contribution is -2.52. The van der Waals surface area contributed by atoms with E-state index in [0.29, 0.717) is 37.8 Å². The van der Waals surface area contributed by atoms with E-state index in [1.807, 2.05) is 18.2 Å². The molecule has 3 N–H and O–H groups in total. The number of amides is 1. The van der Waals surface area contributed by atoms with Crippen LogP contribution in [0.4, 0.5) is 0 Å². The lowest BCUT2D eigenvalue weighted by molar-refractivity contribution is -0.0598. The highest BCUT2D eigenvalue weighted by atomic mass is 16.3. The number of aryl methyl sites for hydroxylation is 1. The summed E-state index contributed by atoms with van der Waals surface area (Å²) in [6.07, 6.45) is 2.52. The predicted octanol–water partition coefficient (Wildman–Crippen LogP) is 1.35. The number of hydrogen-bond acceptors (Lipinski definition) is 4. The number of piperidine rings is 1. The Morgan fingerprint density at radius 3 is 2.78 bits per heavy atom. The van der Waals surface area contributed by atoms with Crippen LogP contribution in [0.5, 0.6) is 0 Å². The zero-order chi connectivity index (χ0) is 17.1. The first-order valence-corrected chi connectivity index (χ1v) is 8.16. The van der Waals surface area contributed by atoms with Crippen LogP contribution in [0.2, 0.25) is 0 Å². The molecule has 1 aromatic carbocycles. The lowest BCUT2D eigenvalue weighted by Gasteiger charge is -2.38. The van der Waals surface area contributed by atoms with E-state index in [1.165, 1.54) is 0 Å². The monoisotopic (exact) mass is 321 g/mol. The minimum atomic E-state index is -1.19. The Kier molecular flexibility index (Phi) is 5.45. The van der Waals surface area contributed by atoms with Crippen molar-refractivity contribution in [2.75, 3.05) is 19.7 Å². The Morgan fingerprint density at radius 1 is 1.39 bits per heavy atom. The number of aliphatic hydroxyl groups excluding tert-OH is 1. The number of aliphatic hydroxyl groups is 3. The fourth-order valence-corrected chi connectivity index (χ4v) is 2.91. The second kappa shape index (κ2) is 6.99. The van der Waals surface area contributed by atoms with Crippen molar-refractivity contribution in [3.05, 3.63) is 35.4 Å². The molecule has 0 saturated carbocycles. The molecule has 0 bridgehead atoms. The van der Waals surface area contributed by atoms with Crippen molar-refractivity contribution in [3.8, 4) is 0 Å². The molecule has 1 unspecified atom stereocenters. The van der Waals surface area contributed by atoms with E-state index < -0.39 is 11.2 Å². The Morgan fingerprint density at radius 2 is 2.13 bits per heavy atom. The summed E-state index contributed by atoms with van der Waals surface area (Å²) in [4.78, 5) is 14.2. The number of hydrogen-bond donors (Lipinski definition) is 3. The molecule has 128 valence electrons. The maximum atomic E-state index is 12.6. The van der Waals surface area contributed by atoms with E-state index in [9.17, 15) is 20.1 Å². The first-order chi connectivity index (χ1) is 10.7. The molecule has 1 aliphatic heterocycles. The van der Waals surface area contributed by atoms with Gasteiger partial charge in [-0.2, -0.15) is 0 Å². The number of β-amino-alcohol motifs (C(OH)–C–C–N with tert-alkyl or cyclic N) is 1. The maximum Gasteiger partial charge on any atom is 0.253 e. The normalized spacial score (nSPS) is 22.2. The van der Waals surface area contributed by atoms with Gasteiger partial charge < -0.3 is 20.2 Å². The average molecular weight is 321 g/mol. The van der Waals surface area contributed by atoms with Gasteiger partial charge in [-0.3, -0.25) is 4.79 Å². The Balaban J connectivity index is 2.07. The third-order valence-electron chi connectivity index (χ3n) is 4.34. The van der Waals surface area contributed by atoms with Crippen LogP contribution in [0.1, 0.15) is 49.0 Å². The number of likely N-dealkylation sites (tertiary alicyclic amines) is 1. The molecule has 2 rings (SSSR count). The molecular weight excluding hydrogens is 294 g/mol. The van der Waals surface area contributed by atoms with E-state index in [2.05, 4.69) is 0 Å². The number of benzene rings is 1. The van der Waals surface area contributed by atoms with Gasteiger partial charge in [0.2, 0.25) is 0 Å². The van der Waals surface area contributed by atoms with Crippen molar-refractivity contribution in [2.45, 2.75) is 50.7 Å². The van der Waals surface area contributed by atoms with Crippen LogP contribution in [0, 0.1) is 0 Å². The van der Waals surface area contributed by atoms with Gasteiger partial charge in [-0.05, 0) is 57.2 Å². The topological polar surface area (TPSA) is 81.0 Å². The molecule has 1 aromatic rings. The van der Waals surface area contributed by atoms with E-state index in [-0.39, 0.29) is 19.1 Å². The molecule has 0 spiro atoms. The number of rotatable bonds is 5. The smallest absolute Gasteiger partial charge is 0.253 e. The van der Waals surface area contributed by atoms with Gasteiger partial charge in [-0.1, -0.05) is 12.1 Å². The van der Waals surface area contributed by atoms with Crippen LogP contribution >= 0.6 is 0 Å². The van der Waals surface area contributed by atoms with Gasteiger partial charge in [0.05, 0.1) is 18.8 Å². The maximum absolute atomic E-state index is 12.6. The minimum Gasteiger partial charge on any atom is -0.393 e. The molecule has 23 heavy (non-hydrogen) atoms. The fraction of sp³-hybridized carbons (Fsp3) is 0.611. The first-order valence-electron chi connectivity index (χ1n) is 8.16. The Bertz CT molecular complexity index is 552. The number of carbonyl (C=O) groups excluding carboxylic acids is 1. The summed E-state index contributed by atoms with van der Waals surface area (Å²) in [7, 11) is 0. The van der Waals surface area contributed by atoms with Gasteiger partial charge in [-0.15, -0.1) is 0 Å². The second-order valence-electron chi connectivity index (χ2n) is 7.23. The quantitative estimate of drug-likeness (QED) is 0.765. The highest BCUT2D eigenvalue weighted by molar-refractivity contribution is 5.94. The van der Waals surface area contributed by atoms with Gasteiger partial charge in [0, 0.05) is 12.1 Å². The van der Waals surface area contributed by atoms with Crippen molar-refractivity contribution in [3.63, 3.8) is 0 Å². The zero-order valence-electron chi connectivity index (χ0n) is 14.0. The van der Waals surface area contributed by atoms with Gasteiger partial charge in [0.25, 0.3) is 5.91 Å². The Hall–Kier alpha value is -1.43. The minimum absolute atomic E-state index is 0.123. The standard InChI is InChI=1S/C18H27NO4/c1-17(2,22)9-7-14-5-3-6-15(11-14)16(21)19-10-4-8-18(23,12-19)13-20/h3,5-6,11,20,22-23H,4,7-10,12-13H2,1-2H3. The summed E-state index contributed by atoms with van der Waals surface area (Å²) in [6.45, 7) is 3.96. The molecule has 1 atom stereocenters. The second-order valence-corrected chi connectivity index (χ2v) is 7.23. The number of nitrogens with zero attached hydrogens (tertiary/aromatic N) is 1. The van der Waals surface area contributed by atoms with Crippen LogP contribution in [-0.4, -0.2) is 57.0 Å². The molecule has 1 saturated heterocycles. The molecule has 1 aliphatic rings. The fourth-order valence-electron chi connectivity index (χ4n) is 2.91. The van der Waals surface area contributed by atoms with E-state index >= 15 is 0 Å². The molecule has 0 radical (unpaired) electrons. The summed E-state index contributed by atoms with van der Waals surface area (Å²) in [6, 6.07) is 7.40. The van der Waals surface area contributed by atoms with Crippen LogP contribution in [0.15, 0.2) is 24.3 Å². The van der Waals surface area contributed by atoms with E-state index in [0.717, 1.165) is 5.56 Å². The van der Waals surface area contributed by atoms with Crippen molar-refractivity contribution in [1.29, 1.82) is 0 Å². The van der Waals surface area contributed by atoms with Gasteiger partial charge in [-0.25, -0.2) is 0 Å². The average Bonchev–Trinajstić information content (AvgIpc) is 2.52. The van der Waals surface area contributed by atoms with Crippen LogP contribution in [0.3, 0.4) is 0 Å². The van der Waals surface area contributed by atoms with Gasteiger partial charge in [0.15, 0.2) is 0 Å². The summed E-state index contributed by atoms with van der Waals surface area (Å²) >= 11 is 0. The van der Waals surface area contributed by atoms with Crippen LogP contribution in [0.25, 0.3) is 0 Å². The first kappa shape index (κ1) is 17.9. The summed E-state index contributed by atoms with van der Waals surface area (Å²) in [5.74, 6) is -0.123. The van der Waals surface area contributed by atoms with E-state index in [1.54, 1.807) is 24.8 Å². The van der Waals surface area contributed by atoms with Crippen molar-refractivity contribution in [1.82, 2.24) is 4.90 Å². The third-order valence-corrected chi connectivity index (χ3v) is 4.34. The molecule has 5 nitrogen and oxygen atoms in total. The molecular formula is C18H27NO4. The van der Waals surface area contributed by atoms with Crippen molar-refractivity contribution < 1.29 is 20.1 Å². The highest BCUT2D eigenvalue weighted by Gasteiger charge is 2.34. The SMILES string of the molecule is CC(C)(O)CCc1cccc(C(=O)N2CCCC(O)(CO)C2)c1. The van der Waals surface area contributed by atoms with Crippen LogP contribution in [-0.2, 0) is 6.42 Å². The Labute approximate surface area is 137 Å². The van der Waals surface area contributed by atoms with Crippen molar-refractivity contribution >= 4 is 5.91 Å². The summed E-state index contributed by atoms with van der Waals surface area (Å²) in [5.41, 5.74) is -0.329. The molecule has 0 aliphatic carbocycles. The molecule has 5 heteroatoms. The molecule has 1 heterocycles. The largest absolute Gasteiger partial charge is 0.393 e. The van der Waals surface area contributed by atoms with Crippen molar-refractivity contribution in [2.24, 2.45) is 0 Å². The highest BCUT2D eigenvalue weighted by Crippen LogP contribution is 2.23. The molecule has 0 aromatic heterocycles. The molecule has 1 amide bonds. The van der Waals surface area contributed by atoms with Gasteiger partial charge in [0.1, 0.15) is 5.60 Å². The van der Waals surface area contributed by atoms with E-state index in [4.69, 9.17) is 0 Å². The predicted molar refractivity (Wildman–Crippen MR) is 88.2 cm³/mol. The number of carbonyl (C=O) groups is 1. The molecule has 1 fully saturated rings. The lowest BCUT2D eigenvalue weighted by atomic mass is 9.93. The summed E-state index contributed by atoms with van der Waals surface area (Å²) in [5, 5.41) is 29.3. The third kappa shape index (κ3) is 5.03. The van der Waals surface area contributed by atoms with Crippen LogP contribution < -0.4 is 0 Å². The van der Waals surface area contributed by atoms with Gasteiger partial charge >= 0.3 is 0 Å². The summed E-state index contributed by atoms with van der Waals surface area (Å²) < 4.78 is 0. The zero-order valence-corrected chi connectivity index (χ0v) is 14.0.